The van der Waals surface area contributed by atoms with Gasteiger partial charge < -0.3 is 10.3 Å². The van der Waals surface area contributed by atoms with Gasteiger partial charge in [-0.25, -0.2) is 5.48 Å². The summed E-state index contributed by atoms with van der Waals surface area (Å²) in [5, 5.41) is 17.2. The van der Waals surface area contributed by atoms with Crippen molar-refractivity contribution in [1.82, 2.24) is 5.48 Å². The smallest absolute Gasteiger partial charge is 0.0431 e. The van der Waals surface area contributed by atoms with Crippen molar-refractivity contribution in [3.8, 4) is 0 Å². The van der Waals surface area contributed by atoms with Crippen LogP contribution in [0.5, 0.6) is 0 Å². The Kier molecular flexibility index (Phi) is 21.8. The predicted molar refractivity (Wildman–Crippen MR) is 100.0 cm³/mol. The van der Waals surface area contributed by atoms with Gasteiger partial charge in [-0.3, -0.25) is 0 Å². The minimum Gasteiger partial charge on any atom is -0.396 e. The molecule has 23 heavy (non-hydrogen) atoms. The summed E-state index contributed by atoms with van der Waals surface area (Å²) in [6, 6.07) is 0. The van der Waals surface area contributed by atoms with Gasteiger partial charge in [0.2, 0.25) is 0 Å². The molecular formula is C20H43NO2. The lowest BCUT2D eigenvalue weighted by Gasteiger charge is -2.04. The number of hydroxylamine groups is 1. The van der Waals surface area contributed by atoms with Crippen LogP contribution in [0.3, 0.4) is 0 Å². The molecule has 3 nitrogen and oxygen atoms in total. The number of rotatable bonds is 20. The van der Waals surface area contributed by atoms with Crippen LogP contribution >= 0.6 is 0 Å². The van der Waals surface area contributed by atoms with Crippen molar-refractivity contribution in [2.75, 3.05) is 13.2 Å². The maximum atomic E-state index is 8.70. The van der Waals surface area contributed by atoms with Gasteiger partial charge in [0.15, 0.2) is 0 Å². The van der Waals surface area contributed by atoms with Gasteiger partial charge in [-0.05, 0) is 12.8 Å². The zero-order chi connectivity index (χ0) is 16.8. The normalized spacial score (nSPS) is 11.2. The maximum absolute atomic E-state index is 8.70. The lowest BCUT2D eigenvalue weighted by molar-refractivity contribution is 0.164. The van der Waals surface area contributed by atoms with Gasteiger partial charge in [0, 0.05) is 13.2 Å². The van der Waals surface area contributed by atoms with Crippen LogP contribution in [-0.4, -0.2) is 23.5 Å². The summed E-state index contributed by atoms with van der Waals surface area (Å²) in [7, 11) is 0. The van der Waals surface area contributed by atoms with Gasteiger partial charge in [-0.15, -0.1) is 0 Å². The first-order valence-electron chi connectivity index (χ1n) is 10.4. The Bertz CT molecular complexity index is 180. The number of nitrogens with one attached hydrogen (secondary N) is 1. The minimum atomic E-state index is 0.363. The molecule has 140 valence electrons. The lowest BCUT2D eigenvalue weighted by atomic mass is 10.0. The van der Waals surface area contributed by atoms with Crippen LogP contribution in [-0.2, 0) is 0 Å². The van der Waals surface area contributed by atoms with E-state index >= 15 is 0 Å². The molecular weight excluding hydrogens is 286 g/mol. The Labute approximate surface area is 145 Å². The van der Waals surface area contributed by atoms with Crippen LogP contribution in [0.4, 0.5) is 0 Å². The van der Waals surface area contributed by atoms with E-state index in [9.17, 15) is 0 Å². The molecule has 0 fully saturated rings. The SMILES string of the molecule is OCCCCCCCCCCCCCCCCCCCCNO. The molecule has 0 saturated heterocycles. The van der Waals surface area contributed by atoms with E-state index in [1.54, 1.807) is 0 Å². The summed E-state index contributed by atoms with van der Waals surface area (Å²) in [4.78, 5) is 0. The van der Waals surface area contributed by atoms with Gasteiger partial charge in [0.25, 0.3) is 0 Å². The van der Waals surface area contributed by atoms with Crippen molar-refractivity contribution >= 4 is 0 Å². The quantitative estimate of drug-likeness (QED) is 0.190. The highest BCUT2D eigenvalue weighted by atomic mass is 16.5. The molecule has 0 aromatic rings. The van der Waals surface area contributed by atoms with Crippen molar-refractivity contribution in [3.63, 3.8) is 0 Å². The summed E-state index contributed by atoms with van der Waals surface area (Å²) < 4.78 is 0. The molecule has 0 radical (unpaired) electrons. The Hall–Kier alpha value is -0.120. The summed E-state index contributed by atoms with van der Waals surface area (Å²) in [5.74, 6) is 0. The van der Waals surface area contributed by atoms with Crippen LogP contribution in [0.15, 0.2) is 0 Å². The highest BCUT2D eigenvalue weighted by molar-refractivity contribution is 4.50. The Balaban J connectivity index is 2.92. The van der Waals surface area contributed by atoms with E-state index in [0.29, 0.717) is 6.61 Å². The standard InChI is InChI=1S/C20H43NO2/c22-20-18-16-14-12-10-8-6-4-2-1-3-5-7-9-11-13-15-17-19-21-23/h21-23H,1-20H2. The molecule has 0 aliphatic heterocycles. The van der Waals surface area contributed by atoms with Crippen molar-refractivity contribution in [1.29, 1.82) is 0 Å². The van der Waals surface area contributed by atoms with E-state index in [4.69, 9.17) is 10.3 Å². The van der Waals surface area contributed by atoms with Crippen molar-refractivity contribution in [2.45, 2.75) is 116 Å². The number of aliphatic hydroxyl groups is 1. The van der Waals surface area contributed by atoms with E-state index in [0.717, 1.165) is 19.4 Å². The summed E-state index contributed by atoms with van der Waals surface area (Å²) in [6.45, 7) is 1.10. The first-order chi connectivity index (χ1) is 11.4. The van der Waals surface area contributed by atoms with Crippen LogP contribution in [0, 0.1) is 0 Å². The highest BCUT2D eigenvalue weighted by Gasteiger charge is 1.95. The molecule has 0 unspecified atom stereocenters. The van der Waals surface area contributed by atoms with E-state index in [1.807, 2.05) is 0 Å². The van der Waals surface area contributed by atoms with Crippen LogP contribution < -0.4 is 5.48 Å². The number of hydrogen-bond acceptors (Lipinski definition) is 3. The molecule has 0 aromatic heterocycles. The summed E-state index contributed by atoms with van der Waals surface area (Å²) in [5.41, 5.74) is 2.22. The average molecular weight is 330 g/mol. The Morgan fingerprint density at radius 2 is 0.652 bits per heavy atom. The molecule has 0 aromatic carbocycles. The number of hydrogen-bond donors (Lipinski definition) is 3. The molecule has 0 spiro atoms. The van der Waals surface area contributed by atoms with Crippen molar-refractivity contribution in [3.05, 3.63) is 0 Å². The third-order valence-corrected chi connectivity index (χ3v) is 4.70. The minimum absolute atomic E-state index is 0.363. The topological polar surface area (TPSA) is 52.5 Å². The van der Waals surface area contributed by atoms with Crippen molar-refractivity contribution in [2.24, 2.45) is 0 Å². The third-order valence-electron chi connectivity index (χ3n) is 4.70. The molecule has 0 aliphatic carbocycles. The van der Waals surface area contributed by atoms with Gasteiger partial charge in [0.05, 0.1) is 0 Å². The second-order valence-corrected chi connectivity index (χ2v) is 7.00. The molecule has 0 aliphatic rings. The van der Waals surface area contributed by atoms with Gasteiger partial charge in [-0.1, -0.05) is 103 Å². The molecule has 0 rings (SSSR count). The number of aliphatic hydroxyl groups excluding tert-OH is 1. The average Bonchev–Trinajstić information content (AvgIpc) is 2.57. The van der Waals surface area contributed by atoms with Gasteiger partial charge >= 0.3 is 0 Å². The van der Waals surface area contributed by atoms with Gasteiger partial charge in [-0.2, -0.15) is 0 Å². The van der Waals surface area contributed by atoms with Crippen molar-refractivity contribution < 1.29 is 10.3 Å². The second kappa shape index (κ2) is 21.9. The molecule has 3 heteroatoms. The Morgan fingerprint density at radius 3 is 0.913 bits per heavy atom. The molecule has 0 bridgehead atoms. The fraction of sp³-hybridized carbons (Fsp3) is 1.00. The fourth-order valence-corrected chi connectivity index (χ4v) is 3.14. The van der Waals surface area contributed by atoms with Crippen LogP contribution in [0.25, 0.3) is 0 Å². The van der Waals surface area contributed by atoms with E-state index < -0.39 is 0 Å². The second-order valence-electron chi connectivity index (χ2n) is 7.00. The van der Waals surface area contributed by atoms with E-state index in [2.05, 4.69) is 5.48 Å². The van der Waals surface area contributed by atoms with Gasteiger partial charge in [0.1, 0.15) is 0 Å². The zero-order valence-corrected chi connectivity index (χ0v) is 15.5. The van der Waals surface area contributed by atoms with Crippen LogP contribution in [0.1, 0.15) is 116 Å². The first-order valence-corrected chi connectivity index (χ1v) is 10.4. The summed E-state index contributed by atoms with van der Waals surface area (Å²) in [6.07, 6.45) is 24.0. The molecule has 0 saturated carbocycles. The largest absolute Gasteiger partial charge is 0.396 e. The number of unbranched alkanes of at least 4 members (excludes halogenated alkanes) is 17. The van der Waals surface area contributed by atoms with E-state index in [-0.39, 0.29) is 0 Å². The predicted octanol–water partition coefficient (Wildman–Crippen LogP) is 5.98. The van der Waals surface area contributed by atoms with Crippen LogP contribution in [0.2, 0.25) is 0 Å². The summed E-state index contributed by atoms with van der Waals surface area (Å²) >= 11 is 0. The lowest BCUT2D eigenvalue weighted by Crippen LogP contribution is -2.07. The zero-order valence-electron chi connectivity index (χ0n) is 15.5. The van der Waals surface area contributed by atoms with E-state index in [1.165, 1.54) is 103 Å². The monoisotopic (exact) mass is 329 g/mol. The molecule has 0 amide bonds. The highest BCUT2D eigenvalue weighted by Crippen LogP contribution is 2.14. The maximum Gasteiger partial charge on any atom is 0.0431 e. The first kappa shape index (κ1) is 22.9. The fourth-order valence-electron chi connectivity index (χ4n) is 3.14. The third kappa shape index (κ3) is 21.9. The Morgan fingerprint density at radius 1 is 0.391 bits per heavy atom. The molecule has 0 heterocycles. The molecule has 0 atom stereocenters. The molecule has 3 N–H and O–H groups in total.